The number of hydrogen-bond donors (Lipinski definition) is 1. The molecule has 0 heterocycles. The Morgan fingerprint density at radius 2 is 2.05 bits per heavy atom. The van der Waals surface area contributed by atoms with E-state index < -0.39 is 5.82 Å². The Hall–Kier alpha value is -2.38. The second-order valence-corrected chi connectivity index (χ2v) is 4.90. The maximum Gasteiger partial charge on any atom is 0.124 e. The summed E-state index contributed by atoms with van der Waals surface area (Å²) in [4.78, 5) is 0. The molecule has 3 nitrogen and oxygen atoms in total. The first-order valence-electron chi connectivity index (χ1n) is 6.74. The third-order valence-corrected chi connectivity index (χ3v) is 3.11. The van der Waals surface area contributed by atoms with Crippen molar-refractivity contribution in [3.63, 3.8) is 0 Å². The molecule has 0 aliphatic heterocycles. The van der Waals surface area contributed by atoms with Gasteiger partial charge in [-0.2, -0.15) is 5.26 Å². The van der Waals surface area contributed by atoms with Gasteiger partial charge in [0.25, 0.3) is 0 Å². The molecule has 0 fully saturated rings. The third-order valence-electron chi connectivity index (χ3n) is 3.11. The van der Waals surface area contributed by atoms with Crippen LogP contribution in [0.2, 0.25) is 0 Å². The normalized spacial score (nSPS) is 10.2. The summed E-state index contributed by atoms with van der Waals surface area (Å²) in [7, 11) is 0. The number of nitrogens with zero attached hydrogens (tertiary/aromatic N) is 1. The highest BCUT2D eigenvalue weighted by molar-refractivity contribution is 5.38. The number of benzene rings is 2. The van der Waals surface area contributed by atoms with E-state index in [-0.39, 0.29) is 6.61 Å². The predicted octanol–water partition coefficient (Wildman–Crippen LogP) is 3.09. The molecule has 2 aromatic carbocycles. The molecule has 2 N–H and O–H groups in total. The van der Waals surface area contributed by atoms with Gasteiger partial charge in [0, 0.05) is 0 Å². The maximum atomic E-state index is 13.4. The number of halogens is 1. The number of rotatable bonds is 5. The lowest BCUT2D eigenvalue weighted by Gasteiger charge is -2.12. The molecule has 2 rings (SSSR count). The van der Waals surface area contributed by atoms with Crippen molar-refractivity contribution < 1.29 is 9.13 Å². The Morgan fingerprint density at radius 1 is 1.24 bits per heavy atom. The van der Waals surface area contributed by atoms with Crippen LogP contribution < -0.4 is 10.5 Å². The fraction of sp³-hybridized carbons (Fsp3) is 0.235. The Kier molecular flexibility index (Phi) is 4.91. The molecule has 0 amide bonds. The predicted molar refractivity (Wildman–Crippen MR) is 79.4 cm³/mol. The summed E-state index contributed by atoms with van der Waals surface area (Å²) in [5.74, 6) is 0.313. The van der Waals surface area contributed by atoms with Crippen LogP contribution in [0.1, 0.15) is 22.3 Å². The van der Waals surface area contributed by atoms with Crippen molar-refractivity contribution in [1.82, 2.24) is 0 Å². The zero-order valence-corrected chi connectivity index (χ0v) is 11.9. The molecule has 21 heavy (non-hydrogen) atoms. The molecule has 0 atom stereocenters. The topological polar surface area (TPSA) is 59.0 Å². The van der Waals surface area contributed by atoms with E-state index >= 15 is 0 Å². The second kappa shape index (κ2) is 6.87. The molecule has 0 aliphatic rings. The van der Waals surface area contributed by atoms with Gasteiger partial charge >= 0.3 is 0 Å². The van der Waals surface area contributed by atoms with E-state index in [1.807, 2.05) is 31.2 Å². The van der Waals surface area contributed by atoms with E-state index in [1.54, 1.807) is 6.07 Å². The van der Waals surface area contributed by atoms with E-state index in [2.05, 4.69) is 0 Å². The highest BCUT2D eigenvalue weighted by Gasteiger charge is 2.06. The molecule has 0 spiro atoms. The van der Waals surface area contributed by atoms with E-state index in [0.29, 0.717) is 17.7 Å². The van der Waals surface area contributed by atoms with Crippen molar-refractivity contribution in [2.75, 3.05) is 6.54 Å². The Balaban J connectivity index is 2.16. The average molecular weight is 284 g/mol. The molecule has 0 saturated carbocycles. The lowest BCUT2D eigenvalue weighted by molar-refractivity contribution is 0.302. The highest BCUT2D eigenvalue weighted by atomic mass is 19.1. The zero-order chi connectivity index (χ0) is 15.2. The van der Waals surface area contributed by atoms with Gasteiger partial charge in [0.05, 0.1) is 11.6 Å². The molecule has 108 valence electrons. The number of aryl methyl sites for hydroxylation is 1. The molecular formula is C17H17FN2O. The molecule has 4 heteroatoms. The van der Waals surface area contributed by atoms with Crippen molar-refractivity contribution in [3.8, 4) is 11.8 Å². The van der Waals surface area contributed by atoms with Crippen molar-refractivity contribution in [1.29, 1.82) is 5.26 Å². The summed E-state index contributed by atoms with van der Waals surface area (Å²) in [6.45, 7) is 2.76. The van der Waals surface area contributed by atoms with Crippen molar-refractivity contribution in [2.45, 2.75) is 20.0 Å². The molecule has 0 saturated heterocycles. The van der Waals surface area contributed by atoms with Crippen LogP contribution in [0, 0.1) is 24.1 Å². The van der Waals surface area contributed by atoms with E-state index in [9.17, 15) is 4.39 Å². The minimum absolute atomic E-state index is 0.215. The van der Waals surface area contributed by atoms with Crippen molar-refractivity contribution >= 4 is 0 Å². The fourth-order valence-corrected chi connectivity index (χ4v) is 2.16. The third kappa shape index (κ3) is 4.04. The molecule has 0 radical (unpaired) electrons. The Bertz CT molecular complexity index is 677. The van der Waals surface area contributed by atoms with E-state index in [1.165, 1.54) is 12.1 Å². The van der Waals surface area contributed by atoms with Gasteiger partial charge in [-0.25, -0.2) is 4.39 Å². The number of nitriles is 1. The number of hydrogen-bond acceptors (Lipinski definition) is 3. The summed E-state index contributed by atoms with van der Waals surface area (Å²) in [5.41, 5.74) is 8.70. The first kappa shape index (κ1) is 15.0. The van der Waals surface area contributed by atoms with Gasteiger partial charge in [-0.05, 0) is 55.3 Å². The summed E-state index contributed by atoms with van der Waals surface area (Å²) in [6, 6.07) is 12.0. The first-order valence-corrected chi connectivity index (χ1v) is 6.74. The van der Waals surface area contributed by atoms with Crippen LogP contribution in [-0.4, -0.2) is 6.54 Å². The Morgan fingerprint density at radius 3 is 2.76 bits per heavy atom. The van der Waals surface area contributed by atoms with Crippen LogP contribution >= 0.6 is 0 Å². The van der Waals surface area contributed by atoms with Gasteiger partial charge in [0.15, 0.2) is 0 Å². The smallest absolute Gasteiger partial charge is 0.124 e. The molecular weight excluding hydrogens is 267 g/mol. The maximum absolute atomic E-state index is 13.4. The lowest BCUT2D eigenvalue weighted by Crippen LogP contribution is -2.06. The minimum atomic E-state index is -0.432. The second-order valence-electron chi connectivity index (χ2n) is 4.90. The van der Waals surface area contributed by atoms with Gasteiger partial charge < -0.3 is 10.5 Å². The Labute approximate surface area is 123 Å². The summed E-state index contributed by atoms with van der Waals surface area (Å²) >= 11 is 0. The molecule has 0 unspecified atom stereocenters. The lowest BCUT2D eigenvalue weighted by atomic mass is 10.1. The molecule has 2 aromatic rings. The first-order chi connectivity index (χ1) is 10.1. The highest BCUT2D eigenvalue weighted by Crippen LogP contribution is 2.22. The zero-order valence-electron chi connectivity index (χ0n) is 11.9. The molecule has 0 aromatic heterocycles. The SMILES string of the molecule is Cc1ccc(OCc2cc(F)cc(C#N)c2)c(CCN)c1. The monoisotopic (exact) mass is 284 g/mol. The van der Waals surface area contributed by atoms with Gasteiger partial charge in [0.2, 0.25) is 0 Å². The van der Waals surface area contributed by atoms with E-state index in [0.717, 1.165) is 23.3 Å². The fourth-order valence-electron chi connectivity index (χ4n) is 2.16. The van der Waals surface area contributed by atoms with E-state index in [4.69, 9.17) is 15.7 Å². The minimum Gasteiger partial charge on any atom is -0.489 e. The molecule has 0 aliphatic carbocycles. The van der Waals surface area contributed by atoms with Crippen LogP contribution in [0.15, 0.2) is 36.4 Å². The van der Waals surface area contributed by atoms with Crippen LogP contribution in [0.3, 0.4) is 0 Å². The number of nitrogens with two attached hydrogens (primary N) is 1. The van der Waals surface area contributed by atoms with Crippen LogP contribution in [0.4, 0.5) is 4.39 Å². The largest absolute Gasteiger partial charge is 0.489 e. The summed E-state index contributed by atoms with van der Waals surface area (Å²) in [6.07, 6.45) is 0.726. The van der Waals surface area contributed by atoms with Crippen LogP contribution in [-0.2, 0) is 13.0 Å². The number of ether oxygens (including phenoxy) is 1. The van der Waals surface area contributed by atoms with Crippen molar-refractivity contribution in [2.24, 2.45) is 5.73 Å². The van der Waals surface area contributed by atoms with Gasteiger partial charge in [-0.3, -0.25) is 0 Å². The average Bonchev–Trinajstić information content (AvgIpc) is 2.46. The quantitative estimate of drug-likeness (QED) is 0.917. The summed E-state index contributed by atoms with van der Waals surface area (Å²) in [5, 5.41) is 8.84. The standard InChI is InChI=1S/C17H17FN2O/c1-12-2-3-17(15(6-12)4-5-19)21-11-14-7-13(10-20)8-16(18)9-14/h2-3,6-9H,4-5,11,19H2,1H3. The van der Waals surface area contributed by atoms with Gasteiger partial charge in [-0.15, -0.1) is 0 Å². The van der Waals surface area contributed by atoms with Crippen LogP contribution in [0.25, 0.3) is 0 Å². The van der Waals surface area contributed by atoms with Gasteiger partial charge in [-0.1, -0.05) is 17.7 Å². The van der Waals surface area contributed by atoms with Crippen LogP contribution in [0.5, 0.6) is 5.75 Å². The van der Waals surface area contributed by atoms with Crippen molar-refractivity contribution in [3.05, 3.63) is 64.5 Å². The molecule has 0 bridgehead atoms. The summed E-state index contributed by atoms with van der Waals surface area (Å²) < 4.78 is 19.1. The van der Waals surface area contributed by atoms with Gasteiger partial charge in [0.1, 0.15) is 18.2 Å².